The molecule has 3 aliphatic rings. The molecule has 2 unspecified atom stereocenters. The molecule has 25 heavy (non-hydrogen) atoms. The van der Waals surface area contributed by atoms with E-state index in [4.69, 9.17) is 0 Å². The molecule has 3 fully saturated rings. The number of imide groups is 1. The van der Waals surface area contributed by atoms with E-state index in [1.807, 2.05) is 16.9 Å². The van der Waals surface area contributed by atoms with Crippen molar-refractivity contribution in [3.63, 3.8) is 0 Å². The Hall–Kier alpha value is -2.10. The smallest absolute Gasteiger partial charge is 0.318 e. The van der Waals surface area contributed by atoms with Crippen molar-refractivity contribution < 1.29 is 18.0 Å². The highest BCUT2D eigenvalue weighted by Gasteiger charge is 2.48. The van der Waals surface area contributed by atoms with Gasteiger partial charge < -0.3 is 4.90 Å². The summed E-state index contributed by atoms with van der Waals surface area (Å²) in [7, 11) is -3.64. The molecule has 3 aliphatic heterocycles. The molecule has 4 heterocycles. The van der Waals surface area contributed by atoms with Crippen LogP contribution in [0.25, 0.3) is 0 Å². The van der Waals surface area contributed by atoms with Crippen molar-refractivity contribution in [1.82, 2.24) is 23.9 Å². The summed E-state index contributed by atoms with van der Waals surface area (Å²) in [6.45, 7) is 0.145. The molecule has 4 amide bonds. The first-order valence-corrected chi connectivity index (χ1v) is 10.3. The van der Waals surface area contributed by atoms with Crippen molar-refractivity contribution >= 4 is 22.1 Å². The molecule has 2 bridgehead atoms. The zero-order chi connectivity index (χ0) is 17.8. The summed E-state index contributed by atoms with van der Waals surface area (Å²) in [4.78, 5) is 28.1. The van der Waals surface area contributed by atoms with Gasteiger partial charge in [0.2, 0.25) is 10.0 Å². The summed E-state index contributed by atoms with van der Waals surface area (Å²) in [6, 6.07) is 1.20. The van der Waals surface area contributed by atoms with Gasteiger partial charge >= 0.3 is 12.1 Å². The molecular formula is C15H21N5O4S. The van der Waals surface area contributed by atoms with Gasteiger partial charge in [-0.3, -0.25) is 4.68 Å². The fourth-order valence-corrected chi connectivity index (χ4v) is 5.11. The number of sulfonamides is 1. The van der Waals surface area contributed by atoms with E-state index >= 15 is 0 Å². The molecule has 9 nitrogen and oxygen atoms in total. The quantitative estimate of drug-likeness (QED) is 0.773. The normalized spacial score (nSPS) is 29.6. The average Bonchev–Trinajstić information content (AvgIpc) is 3.25. The number of carbonyl (C=O) groups excluding carboxylic acids is 2. The number of fused-ring (bicyclic) bond motifs is 2. The predicted octanol–water partition coefficient (Wildman–Crippen LogP) is 0.868. The van der Waals surface area contributed by atoms with E-state index in [2.05, 4.69) is 5.10 Å². The molecule has 0 aromatic carbocycles. The molecule has 4 rings (SSSR count). The topological polar surface area (TPSA) is 95.8 Å². The molecule has 2 atom stereocenters. The van der Waals surface area contributed by atoms with Crippen LogP contribution in [0.3, 0.4) is 0 Å². The van der Waals surface area contributed by atoms with Gasteiger partial charge in [0.25, 0.3) is 0 Å². The van der Waals surface area contributed by atoms with Crippen LogP contribution in [-0.4, -0.2) is 75.8 Å². The maximum absolute atomic E-state index is 12.9. The Morgan fingerprint density at radius 3 is 2.36 bits per heavy atom. The van der Waals surface area contributed by atoms with Crippen LogP contribution >= 0.6 is 0 Å². The van der Waals surface area contributed by atoms with Crippen molar-refractivity contribution in [2.24, 2.45) is 0 Å². The Kier molecular flexibility index (Phi) is 3.75. The predicted molar refractivity (Wildman–Crippen MR) is 88.2 cm³/mol. The maximum atomic E-state index is 12.9. The van der Waals surface area contributed by atoms with E-state index in [1.54, 1.807) is 11.1 Å². The van der Waals surface area contributed by atoms with Crippen molar-refractivity contribution in [2.75, 3.05) is 19.3 Å². The summed E-state index contributed by atoms with van der Waals surface area (Å²) in [5.74, 6) is 0. The maximum Gasteiger partial charge on any atom is 0.341 e. The van der Waals surface area contributed by atoms with E-state index in [9.17, 15) is 18.0 Å². The molecule has 136 valence electrons. The van der Waals surface area contributed by atoms with Gasteiger partial charge in [-0.25, -0.2) is 27.2 Å². The second kappa shape index (κ2) is 5.72. The number of amides is 4. The van der Waals surface area contributed by atoms with Crippen molar-refractivity contribution in [3.8, 4) is 0 Å². The third kappa shape index (κ3) is 2.68. The number of rotatable bonds is 2. The van der Waals surface area contributed by atoms with Crippen molar-refractivity contribution in [1.29, 1.82) is 0 Å². The van der Waals surface area contributed by atoms with Crippen molar-refractivity contribution in [2.45, 2.75) is 43.8 Å². The number of nitrogens with zero attached hydrogens (tertiary/aromatic N) is 5. The van der Waals surface area contributed by atoms with Crippen LogP contribution in [0.4, 0.5) is 9.59 Å². The largest absolute Gasteiger partial charge is 0.341 e. The number of piperidine rings is 1. The van der Waals surface area contributed by atoms with Crippen LogP contribution in [-0.2, 0) is 10.0 Å². The van der Waals surface area contributed by atoms with Gasteiger partial charge in [-0.1, -0.05) is 0 Å². The highest BCUT2D eigenvalue weighted by Crippen LogP contribution is 2.41. The second-order valence-electron chi connectivity index (χ2n) is 6.96. The summed E-state index contributed by atoms with van der Waals surface area (Å²) < 4.78 is 26.0. The van der Waals surface area contributed by atoms with Crippen LogP contribution in [0.2, 0.25) is 0 Å². The molecule has 3 saturated heterocycles. The van der Waals surface area contributed by atoms with Gasteiger partial charge in [-0.05, 0) is 31.7 Å². The van der Waals surface area contributed by atoms with Crippen LogP contribution in [0.15, 0.2) is 18.5 Å². The highest BCUT2D eigenvalue weighted by molar-refractivity contribution is 7.88. The second-order valence-corrected chi connectivity index (χ2v) is 8.86. The van der Waals surface area contributed by atoms with Crippen molar-refractivity contribution in [3.05, 3.63) is 18.5 Å². The van der Waals surface area contributed by atoms with Gasteiger partial charge in [-0.2, -0.15) is 5.10 Å². The third-order valence-electron chi connectivity index (χ3n) is 5.43. The summed E-state index contributed by atoms with van der Waals surface area (Å²) >= 11 is 0. The Morgan fingerprint density at radius 2 is 1.84 bits per heavy atom. The minimum absolute atomic E-state index is 0.0303. The first-order chi connectivity index (χ1) is 11.9. The Bertz CT molecular complexity index is 779. The van der Waals surface area contributed by atoms with Crippen LogP contribution in [0.5, 0.6) is 0 Å². The molecule has 10 heteroatoms. The fraction of sp³-hybridized carbons (Fsp3) is 0.667. The van der Waals surface area contributed by atoms with E-state index in [0.29, 0.717) is 0 Å². The molecule has 0 N–H and O–H groups in total. The SMILES string of the molecule is CS(=O)(=O)N1CCN(C(=O)N2C3CCC2CC(n2cccn2)C3)C1=O. The monoisotopic (exact) mass is 367 g/mol. The van der Waals surface area contributed by atoms with Crippen LogP contribution in [0, 0.1) is 0 Å². The van der Waals surface area contributed by atoms with E-state index in [1.165, 1.54) is 0 Å². The zero-order valence-corrected chi connectivity index (χ0v) is 14.8. The summed E-state index contributed by atoms with van der Waals surface area (Å²) in [5.41, 5.74) is 0. The molecule has 1 aromatic rings. The lowest BCUT2D eigenvalue weighted by molar-refractivity contribution is 0.102. The number of hydrogen-bond donors (Lipinski definition) is 0. The lowest BCUT2D eigenvalue weighted by Gasteiger charge is -2.40. The van der Waals surface area contributed by atoms with Gasteiger partial charge in [0, 0.05) is 24.5 Å². The molecule has 0 saturated carbocycles. The summed E-state index contributed by atoms with van der Waals surface area (Å²) in [5, 5.41) is 4.31. The standard InChI is InChI=1S/C15H21N5O4S/c1-25(23,24)19-8-7-17(14(19)21)15(22)20-11-3-4-12(20)10-13(9-11)18-6-2-5-16-18/h2,5-6,11-13H,3-4,7-10H2,1H3. The van der Waals surface area contributed by atoms with E-state index < -0.39 is 16.1 Å². The third-order valence-corrected chi connectivity index (χ3v) is 6.57. The van der Waals surface area contributed by atoms with Gasteiger partial charge in [0.05, 0.1) is 25.4 Å². The number of aromatic nitrogens is 2. The fourth-order valence-electron chi connectivity index (χ4n) is 4.31. The molecule has 0 radical (unpaired) electrons. The molecule has 0 aliphatic carbocycles. The minimum atomic E-state index is -3.64. The molecule has 1 aromatic heterocycles. The van der Waals surface area contributed by atoms with Crippen LogP contribution < -0.4 is 0 Å². The van der Waals surface area contributed by atoms with Gasteiger partial charge in [0.15, 0.2) is 0 Å². The van der Waals surface area contributed by atoms with Gasteiger partial charge in [-0.15, -0.1) is 0 Å². The Labute approximate surface area is 146 Å². The Balaban J connectivity index is 1.50. The zero-order valence-electron chi connectivity index (χ0n) is 14.0. The lowest BCUT2D eigenvalue weighted by atomic mass is 9.98. The van der Waals surface area contributed by atoms with E-state index in [0.717, 1.165) is 41.1 Å². The first kappa shape index (κ1) is 16.4. The minimum Gasteiger partial charge on any atom is -0.318 e. The highest BCUT2D eigenvalue weighted by atomic mass is 32.2. The average molecular weight is 367 g/mol. The molecular weight excluding hydrogens is 346 g/mol. The molecule has 0 spiro atoms. The number of hydrogen-bond acceptors (Lipinski definition) is 5. The first-order valence-electron chi connectivity index (χ1n) is 8.47. The lowest BCUT2D eigenvalue weighted by Crippen LogP contribution is -2.53. The van der Waals surface area contributed by atoms with Crippen LogP contribution in [0.1, 0.15) is 31.7 Å². The van der Waals surface area contributed by atoms with Gasteiger partial charge in [0.1, 0.15) is 0 Å². The summed E-state index contributed by atoms with van der Waals surface area (Å²) in [6.07, 6.45) is 8.11. The number of carbonyl (C=O) groups is 2. The Morgan fingerprint density at radius 1 is 1.16 bits per heavy atom. The van der Waals surface area contributed by atoms with E-state index in [-0.39, 0.29) is 37.2 Å². The number of urea groups is 2.